The minimum Gasteiger partial charge on any atom is -0.379 e. The van der Waals surface area contributed by atoms with Crippen LogP contribution in [0.25, 0.3) is 0 Å². The van der Waals surface area contributed by atoms with E-state index in [1.165, 1.54) is 21.9 Å². The number of fused-ring (bicyclic) bond motifs is 1. The van der Waals surface area contributed by atoms with Gasteiger partial charge in [-0.3, -0.25) is 4.79 Å². The van der Waals surface area contributed by atoms with Crippen molar-refractivity contribution in [2.45, 2.75) is 43.2 Å². The Morgan fingerprint density at radius 2 is 2.03 bits per heavy atom. The Hall–Kier alpha value is -3.31. The second kappa shape index (κ2) is 8.63. The molecule has 1 aromatic heterocycles. The summed E-state index contributed by atoms with van der Waals surface area (Å²) in [7, 11) is 1.65. The topological polar surface area (TPSA) is 72.3 Å². The second-order valence-electron chi connectivity index (χ2n) is 9.99. The largest absolute Gasteiger partial charge is 0.416 e. The number of hydrogen-bond donors (Lipinski definition) is 1. The molecule has 37 heavy (non-hydrogen) atoms. The molecule has 194 valence electrons. The van der Waals surface area contributed by atoms with Gasteiger partial charge in [-0.2, -0.15) is 13.2 Å². The first-order chi connectivity index (χ1) is 17.7. The number of alkyl halides is 4. The Morgan fingerprint density at radius 1 is 1.22 bits per heavy atom. The van der Waals surface area contributed by atoms with Crippen LogP contribution in [0.15, 0.2) is 42.7 Å². The zero-order valence-corrected chi connectivity index (χ0v) is 20.1. The molecule has 6 rings (SSSR count). The number of benzene rings is 2. The average molecular weight is 516 g/mol. The number of anilines is 1. The first-order valence-corrected chi connectivity index (χ1v) is 12.1. The molecule has 0 aliphatic carbocycles. The molecule has 7 nitrogen and oxygen atoms in total. The molecule has 3 aliphatic heterocycles. The summed E-state index contributed by atoms with van der Waals surface area (Å²) >= 11 is 0. The van der Waals surface area contributed by atoms with Gasteiger partial charge in [-0.25, -0.2) is 4.39 Å². The summed E-state index contributed by atoms with van der Waals surface area (Å²) in [6.07, 6.45) is -3.11. The molecule has 2 saturated heterocycles. The fourth-order valence-electron chi connectivity index (χ4n) is 5.60. The molecular weight excluding hydrogens is 490 g/mol. The van der Waals surface area contributed by atoms with Gasteiger partial charge in [0.2, 0.25) is 0 Å². The maximum absolute atomic E-state index is 15.8. The normalized spacial score (nSPS) is 21.7. The van der Waals surface area contributed by atoms with Gasteiger partial charge in [0.25, 0.3) is 5.91 Å². The molecular formula is C26H25F4N5O2. The molecule has 0 bridgehead atoms. The van der Waals surface area contributed by atoms with Crippen LogP contribution in [0.1, 0.15) is 63.5 Å². The smallest absolute Gasteiger partial charge is 0.379 e. The minimum absolute atomic E-state index is 0.0335. The molecule has 3 aliphatic rings. The van der Waals surface area contributed by atoms with E-state index in [2.05, 4.69) is 15.5 Å². The van der Waals surface area contributed by atoms with Crippen molar-refractivity contribution in [2.75, 3.05) is 24.7 Å². The van der Waals surface area contributed by atoms with Gasteiger partial charge < -0.3 is 19.5 Å². The standard InChI is InChI=1S/C26H25F4N5O2/c1-34-14-32-33-23(34)22(27)25(12-37-13-25)16-4-2-5-17(10-16)35-11-19-18(24(35)36)8-15(21-6-3-7-31-21)9-20(19)26(28,29)30/h2,4-5,8-10,14,21-22,31H,3,6-7,11-13H2,1H3/t21?,22-/m0/s1. The highest BCUT2D eigenvalue weighted by atomic mass is 19.4. The minimum atomic E-state index is -4.60. The van der Waals surface area contributed by atoms with Crippen molar-refractivity contribution in [3.63, 3.8) is 0 Å². The first kappa shape index (κ1) is 24.1. The van der Waals surface area contributed by atoms with Crippen molar-refractivity contribution in [1.82, 2.24) is 20.1 Å². The Balaban J connectivity index is 1.37. The number of nitrogens with one attached hydrogen (secondary N) is 1. The molecule has 2 fully saturated rings. The van der Waals surface area contributed by atoms with E-state index in [9.17, 15) is 18.0 Å². The van der Waals surface area contributed by atoms with Gasteiger partial charge in [0, 0.05) is 24.3 Å². The van der Waals surface area contributed by atoms with Crippen LogP contribution in [0.4, 0.5) is 23.2 Å². The van der Waals surface area contributed by atoms with Crippen molar-refractivity contribution in [1.29, 1.82) is 0 Å². The van der Waals surface area contributed by atoms with Crippen LogP contribution in [-0.4, -0.2) is 40.4 Å². The lowest BCUT2D eigenvalue weighted by molar-refractivity contribution is -0.138. The lowest BCUT2D eigenvalue weighted by atomic mass is 9.74. The number of halogens is 4. The van der Waals surface area contributed by atoms with E-state index in [1.807, 2.05) is 0 Å². The number of carbonyl (C=O) groups excluding carboxylic acids is 1. The van der Waals surface area contributed by atoms with Crippen molar-refractivity contribution in [3.05, 3.63) is 76.4 Å². The van der Waals surface area contributed by atoms with Crippen LogP contribution in [0, 0.1) is 0 Å². The Kier molecular flexibility index (Phi) is 5.61. The maximum atomic E-state index is 15.8. The van der Waals surface area contributed by atoms with E-state index in [4.69, 9.17) is 4.74 Å². The molecule has 11 heteroatoms. The van der Waals surface area contributed by atoms with Crippen molar-refractivity contribution >= 4 is 11.6 Å². The van der Waals surface area contributed by atoms with Crippen molar-refractivity contribution < 1.29 is 27.1 Å². The molecule has 1 amide bonds. The summed E-state index contributed by atoms with van der Waals surface area (Å²) in [6, 6.07) is 9.30. The van der Waals surface area contributed by atoms with Crippen molar-refractivity contribution in [3.8, 4) is 0 Å². The zero-order chi connectivity index (χ0) is 25.9. The van der Waals surface area contributed by atoms with Gasteiger partial charge in [0.05, 0.1) is 30.7 Å². The number of carbonyl (C=O) groups is 1. The molecule has 0 spiro atoms. The summed E-state index contributed by atoms with van der Waals surface area (Å²) in [4.78, 5) is 14.8. The van der Waals surface area contributed by atoms with Crippen LogP contribution in [-0.2, 0) is 29.9 Å². The second-order valence-corrected chi connectivity index (χ2v) is 9.99. The lowest BCUT2D eigenvalue weighted by Crippen LogP contribution is -2.50. The van der Waals surface area contributed by atoms with Crippen molar-refractivity contribution in [2.24, 2.45) is 7.05 Å². The number of rotatable bonds is 5. The highest BCUT2D eigenvalue weighted by Gasteiger charge is 2.51. The molecule has 2 atom stereocenters. The van der Waals surface area contributed by atoms with E-state index >= 15 is 4.39 Å². The Morgan fingerprint density at radius 3 is 2.65 bits per heavy atom. The third-order valence-corrected chi connectivity index (χ3v) is 7.74. The molecule has 1 N–H and O–H groups in total. The highest BCUT2D eigenvalue weighted by molar-refractivity contribution is 6.10. The molecule has 3 aromatic rings. The lowest BCUT2D eigenvalue weighted by Gasteiger charge is -2.43. The van der Waals surface area contributed by atoms with E-state index in [0.29, 0.717) is 16.8 Å². The van der Waals surface area contributed by atoms with Gasteiger partial charge in [0.1, 0.15) is 6.33 Å². The number of aromatic nitrogens is 3. The predicted octanol–water partition coefficient (Wildman–Crippen LogP) is 4.40. The number of amides is 1. The monoisotopic (exact) mass is 515 g/mol. The Bertz CT molecular complexity index is 1360. The molecule has 1 unspecified atom stereocenters. The predicted molar refractivity (Wildman–Crippen MR) is 126 cm³/mol. The van der Waals surface area contributed by atoms with Gasteiger partial charge in [-0.05, 0) is 60.3 Å². The zero-order valence-electron chi connectivity index (χ0n) is 20.1. The van der Waals surface area contributed by atoms with E-state index in [1.54, 1.807) is 37.4 Å². The molecule has 2 aromatic carbocycles. The van der Waals surface area contributed by atoms with Crippen LogP contribution < -0.4 is 10.2 Å². The van der Waals surface area contributed by atoms with Gasteiger partial charge >= 0.3 is 6.18 Å². The summed E-state index contributed by atoms with van der Waals surface area (Å²) in [5.41, 5.74) is -0.323. The summed E-state index contributed by atoms with van der Waals surface area (Å²) in [6.45, 7) is 0.727. The molecule has 0 radical (unpaired) electrons. The average Bonchev–Trinajstić information content (AvgIpc) is 3.58. The number of aryl methyl sites for hydroxylation is 1. The number of ether oxygens (including phenoxy) is 1. The maximum Gasteiger partial charge on any atom is 0.416 e. The van der Waals surface area contributed by atoms with Crippen LogP contribution in [0.3, 0.4) is 0 Å². The van der Waals surface area contributed by atoms with E-state index in [-0.39, 0.29) is 42.8 Å². The number of hydrogen-bond acceptors (Lipinski definition) is 5. The fraction of sp³-hybridized carbons (Fsp3) is 0.423. The summed E-state index contributed by atoms with van der Waals surface area (Å²) < 4.78 is 64.9. The first-order valence-electron chi connectivity index (χ1n) is 12.1. The summed E-state index contributed by atoms with van der Waals surface area (Å²) in [5.74, 6) is -0.345. The van der Waals surface area contributed by atoms with Gasteiger partial charge in [-0.1, -0.05) is 12.1 Å². The number of nitrogens with zero attached hydrogens (tertiary/aromatic N) is 4. The quantitative estimate of drug-likeness (QED) is 0.510. The molecule has 0 saturated carbocycles. The van der Waals surface area contributed by atoms with Gasteiger partial charge in [-0.15, -0.1) is 10.2 Å². The summed E-state index contributed by atoms with van der Waals surface area (Å²) in [5, 5.41) is 10.9. The fourth-order valence-corrected chi connectivity index (χ4v) is 5.60. The van der Waals surface area contributed by atoms with Gasteiger partial charge in [0.15, 0.2) is 12.0 Å². The van der Waals surface area contributed by atoms with Crippen LogP contribution in [0.2, 0.25) is 0 Å². The Labute approximate surface area is 210 Å². The highest BCUT2D eigenvalue weighted by Crippen LogP contribution is 2.47. The third-order valence-electron chi connectivity index (χ3n) is 7.74. The van der Waals surface area contributed by atoms with Crippen LogP contribution in [0.5, 0.6) is 0 Å². The molecule has 4 heterocycles. The van der Waals surface area contributed by atoms with E-state index in [0.717, 1.165) is 19.4 Å². The van der Waals surface area contributed by atoms with E-state index < -0.39 is 29.2 Å². The SMILES string of the molecule is Cn1cnnc1[C@H](F)C1(c2cccc(N3Cc4c(cc(C5CCCN5)cc4C(F)(F)F)C3=O)c2)COC1. The third kappa shape index (κ3) is 3.83. The van der Waals surface area contributed by atoms with Crippen LogP contribution >= 0.6 is 0 Å².